The zero-order valence-corrected chi connectivity index (χ0v) is 18.2. The number of hydrogen-bond acceptors (Lipinski definition) is 6. The third-order valence-electron chi connectivity index (χ3n) is 5.36. The number of nitro benzene ring substituents is 1. The summed E-state index contributed by atoms with van der Waals surface area (Å²) in [7, 11) is 1.63. The molecule has 0 amide bonds. The van der Waals surface area contributed by atoms with Gasteiger partial charge in [0.1, 0.15) is 5.75 Å². The molecule has 0 fully saturated rings. The number of methoxy groups -OCH3 is 1. The van der Waals surface area contributed by atoms with Crippen LogP contribution >= 0.6 is 0 Å². The Labute approximate surface area is 191 Å². The number of aromatic nitrogens is 1. The molecule has 166 valence electrons. The molecule has 7 nitrogen and oxygen atoms in total. The quantitative estimate of drug-likeness (QED) is 0.268. The van der Waals surface area contributed by atoms with Gasteiger partial charge in [0.05, 0.1) is 24.3 Å². The lowest BCUT2D eigenvalue weighted by molar-refractivity contribution is -0.384. The maximum absolute atomic E-state index is 10.9. The summed E-state index contributed by atoms with van der Waals surface area (Å²) in [6.07, 6.45) is 6.57. The van der Waals surface area contributed by atoms with E-state index in [0.29, 0.717) is 6.42 Å². The first-order valence-electron chi connectivity index (χ1n) is 10.5. The zero-order chi connectivity index (χ0) is 23.2. The van der Waals surface area contributed by atoms with Gasteiger partial charge in [-0.25, -0.2) is 5.84 Å². The molecule has 3 aromatic carbocycles. The zero-order valence-electron chi connectivity index (χ0n) is 18.2. The predicted molar refractivity (Wildman–Crippen MR) is 131 cm³/mol. The van der Waals surface area contributed by atoms with E-state index in [2.05, 4.69) is 23.2 Å². The highest BCUT2D eigenvalue weighted by molar-refractivity contribution is 5.84. The van der Waals surface area contributed by atoms with Crippen LogP contribution in [0.15, 0.2) is 85.1 Å². The highest BCUT2D eigenvalue weighted by atomic mass is 16.6. The van der Waals surface area contributed by atoms with Crippen molar-refractivity contribution in [1.82, 2.24) is 4.98 Å². The van der Waals surface area contributed by atoms with Crippen LogP contribution in [-0.4, -0.2) is 23.6 Å². The van der Waals surface area contributed by atoms with Crippen LogP contribution in [0.1, 0.15) is 16.8 Å². The van der Waals surface area contributed by atoms with Crippen molar-refractivity contribution in [2.24, 2.45) is 5.84 Å². The van der Waals surface area contributed by atoms with Crippen molar-refractivity contribution in [1.29, 1.82) is 0 Å². The third kappa shape index (κ3) is 5.34. The van der Waals surface area contributed by atoms with Crippen molar-refractivity contribution in [3.05, 3.63) is 112 Å². The van der Waals surface area contributed by atoms with Crippen LogP contribution in [0.25, 0.3) is 16.8 Å². The molecule has 0 bridgehead atoms. The van der Waals surface area contributed by atoms with Crippen LogP contribution in [0.5, 0.6) is 5.75 Å². The number of para-hydroxylation sites is 1. The number of hydrogen-bond donors (Lipinski definition) is 1. The SMILES string of the molecule is COc1ccc(Cc2cc3cc([N+](=O)[O-])ccc3cn2)cc1.NN1CC=Cc2ccccc21. The van der Waals surface area contributed by atoms with Gasteiger partial charge in [0.25, 0.3) is 5.69 Å². The van der Waals surface area contributed by atoms with Gasteiger partial charge in [-0.05, 0) is 46.8 Å². The van der Waals surface area contributed by atoms with E-state index in [1.54, 1.807) is 30.4 Å². The Bertz CT molecular complexity index is 1300. The summed E-state index contributed by atoms with van der Waals surface area (Å²) in [4.78, 5) is 14.9. The molecule has 7 heteroatoms. The third-order valence-corrected chi connectivity index (χ3v) is 5.36. The largest absolute Gasteiger partial charge is 0.497 e. The lowest BCUT2D eigenvalue weighted by Crippen LogP contribution is -2.32. The lowest BCUT2D eigenvalue weighted by Gasteiger charge is -2.22. The number of rotatable bonds is 4. The summed E-state index contributed by atoms with van der Waals surface area (Å²) in [5.41, 5.74) is 4.38. The number of benzene rings is 3. The number of ether oxygens (including phenoxy) is 1. The molecule has 1 aliphatic heterocycles. The Balaban J connectivity index is 0.000000196. The number of non-ortho nitro benzene ring substituents is 1. The minimum Gasteiger partial charge on any atom is -0.497 e. The van der Waals surface area contributed by atoms with E-state index < -0.39 is 0 Å². The molecule has 1 aromatic heterocycles. The molecule has 0 atom stereocenters. The number of pyridine rings is 1. The molecule has 0 saturated heterocycles. The van der Waals surface area contributed by atoms with Gasteiger partial charge in [-0.2, -0.15) is 0 Å². The molecular formula is C26H24N4O3. The molecule has 0 spiro atoms. The van der Waals surface area contributed by atoms with Gasteiger partial charge in [0.15, 0.2) is 0 Å². The van der Waals surface area contributed by atoms with Crippen molar-refractivity contribution in [2.75, 3.05) is 18.7 Å². The summed E-state index contributed by atoms with van der Waals surface area (Å²) in [6, 6.07) is 22.6. The van der Waals surface area contributed by atoms with Crippen LogP contribution < -0.4 is 15.6 Å². The Morgan fingerprint density at radius 1 is 1.06 bits per heavy atom. The highest BCUT2D eigenvalue weighted by Crippen LogP contribution is 2.23. The van der Waals surface area contributed by atoms with Crippen molar-refractivity contribution < 1.29 is 9.66 Å². The molecule has 1 aliphatic rings. The van der Waals surface area contributed by atoms with E-state index >= 15 is 0 Å². The second-order valence-electron chi connectivity index (χ2n) is 7.60. The summed E-state index contributed by atoms with van der Waals surface area (Å²) in [5, 5.41) is 14.3. The van der Waals surface area contributed by atoms with Crippen LogP contribution in [0.2, 0.25) is 0 Å². The van der Waals surface area contributed by atoms with Crippen molar-refractivity contribution >= 4 is 28.2 Å². The predicted octanol–water partition coefficient (Wildman–Crippen LogP) is 5.14. The first kappa shape index (κ1) is 22.0. The fraction of sp³-hybridized carbons (Fsp3) is 0.115. The van der Waals surface area contributed by atoms with Crippen LogP contribution in [0.4, 0.5) is 11.4 Å². The molecule has 0 aliphatic carbocycles. The molecule has 0 radical (unpaired) electrons. The van der Waals surface area contributed by atoms with E-state index in [4.69, 9.17) is 10.6 Å². The van der Waals surface area contributed by atoms with Crippen LogP contribution in [-0.2, 0) is 6.42 Å². The van der Waals surface area contributed by atoms with Gasteiger partial charge >= 0.3 is 0 Å². The molecule has 0 unspecified atom stereocenters. The van der Waals surface area contributed by atoms with E-state index in [0.717, 1.165) is 40.0 Å². The second-order valence-corrected chi connectivity index (χ2v) is 7.60. The van der Waals surface area contributed by atoms with Gasteiger partial charge in [0, 0.05) is 35.8 Å². The number of hydrazine groups is 1. The molecule has 4 aromatic rings. The van der Waals surface area contributed by atoms with Crippen LogP contribution in [0, 0.1) is 10.1 Å². The van der Waals surface area contributed by atoms with E-state index in [-0.39, 0.29) is 10.6 Å². The lowest BCUT2D eigenvalue weighted by atomic mass is 10.1. The fourth-order valence-electron chi connectivity index (χ4n) is 3.62. The number of fused-ring (bicyclic) bond motifs is 2. The topological polar surface area (TPSA) is 94.5 Å². The molecule has 2 heterocycles. The minimum atomic E-state index is -0.386. The maximum atomic E-state index is 10.9. The van der Waals surface area contributed by atoms with E-state index in [1.807, 2.05) is 48.5 Å². The molecular weight excluding hydrogens is 416 g/mol. The highest BCUT2D eigenvalue weighted by Gasteiger charge is 2.08. The Hall–Kier alpha value is -4.23. The number of anilines is 1. The number of nitrogens with two attached hydrogens (primary N) is 1. The number of nitro groups is 1. The van der Waals surface area contributed by atoms with Crippen molar-refractivity contribution in [3.8, 4) is 5.75 Å². The van der Waals surface area contributed by atoms with Gasteiger partial charge in [-0.15, -0.1) is 0 Å². The summed E-state index contributed by atoms with van der Waals surface area (Å²) in [6.45, 7) is 0.803. The van der Waals surface area contributed by atoms with E-state index in [1.165, 1.54) is 11.6 Å². The fourth-order valence-corrected chi connectivity index (χ4v) is 3.62. The molecule has 0 saturated carbocycles. The summed E-state index contributed by atoms with van der Waals surface area (Å²) < 4.78 is 5.13. The average Bonchev–Trinajstić information content (AvgIpc) is 2.85. The van der Waals surface area contributed by atoms with Gasteiger partial charge in [-0.1, -0.05) is 42.5 Å². The average molecular weight is 441 g/mol. The van der Waals surface area contributed by atoms with Gasteiger partial charge in [-0.3, -0.25) is 15.1 Å². The summed E-state index contributed by atoms with van der Waals surface area (Å²) in [5.74, 6) is 6.54. The first-order chi connectivity index (χ1) is 16.0. The van der Waals surface area contributed by atoms with Gasteiger partial charge < -0.3 is 9.75 Å². The van der Waals surface area contributed by atoms with Crippen molar-refractivity contribution in [3.63, 3.8) is 0 Å². The Morgan fingerprint density at radius 3 is 2.58 bits per heavy atom. The second kappa shape index (κ2) is 9.93. The standard InChI is InChI=1S/C17H14N2O3.C9H10N2/c1-22-17-6-2-12(3-7-17)8-15-9-14-10-16(19(20)21)5-4-13(14)11-18-15;10-11-7-3-5-8-4-1-2-6-9(8)11/h2-7,9-11H,8H2,1H3;1-6H,7,10H2. The smallest absolute Gasteiger partial charge is 0.270 e. The van der Waals surface area contributed by atoms with Gasteiger partial charge in [0.2, 0.25) is 0 Å². The monoisotopic (exact) mass is 440 g/mol. The maximum Gasteiger partial charge on any atom is 0.270 e. The van der Waals surface area contributed by atoms with Crippen LogP contribution in [0.3, 0.4) is 0 Å². The Morgan fingerprint density at radius 2 is 1.85 bits per heavy atom. The van der Waals surface area contributed by atoms with E-state index in [9.17, 15) is 10.1 Å². The Kier molecular flexibility index (Phi) is 6.61. The molecule has 5 rings (SSSR count). The molecule has 2 N–H and O–H groups in total. The number of nitrogens with zero attached hydrogens (tertiary/aromatic N) is 3. The minimum absolute atomic E-state index is 0.0918. The first-order valence-corrected chi connectivity index (χ1v) is 10.5. The van der Waals surface area contributed by atoms with Crippen molar-refractivity contribution in [2.45, 2.75) is 6.42 Å². The normalized spacial score (nSPS) is 12.0. The summed E-state index contributed by atoms with van der Waals surface area (Å²) >= 11 is 0. The molecule has 33 heavy (non-hydrogen) atoms.